The predicted octanol–water partition coefficient (Wildman–Crippen LogP) is 4.50. The van der Waals surface area contributed by atoms with Crippen LogP contribution in [0.2, 0.25) is 0 Å². The van der Waals surface area contributed by atoms with E-state index in [2.05, 4.69) is 32.5 Å². The van der Waals surface area contributed by atoms with Crippen LogP contribution >= 0.6 is 0 Å². The van der Waals surface area contributed by atoms with Gasteiger partial charge in [0.05, 0.1) is 29.2 Å². The number of hydrogen-bond donors (Lipinski definition) is 3. The van der Waals surface area contributed by atoms with Crippen LogP contribution in [0.4, 0.5) is 17.5 Å². The van der Waals surface area contributed by atoms with E-state index in [1.54, 1.807) is 12.4 Å². The molecule has 2 aliphatic carbocycles. The van der Waals surface area contributed by atoms with Crippen LogP contribution in [-0.2, 0) is 4.79 Å². The highest BCUT2D eigenvalue weighted by atomic mass is 16.3. The number of nitrogens with one attached hydrogen (secondary N) is 2. The van der Waals surface area contributed by atoms with Crippen molar-refractivity contribution in [2.24, 2.45) is 10.9 Å². The molecule has 3 N–H and O–H groups in total. The lowest BCUT2D eigenvalue weighted by molar-refractivity contribution is -0.122. The van der Waals surface area contributed by atoms with Crippen molar-refractivity contribution < 1.29 is 9.90 Å². The number of nitrogens with zero attached hydrogens (tertiary/aromatic N) is 4. The molecule has 8 heteroatoms. The zero-order valence-corrected chi connectivity index (χ0v) is 18.7. The lowest BCUT2D eigenvalue weighted by atomic mass is 9.85. The van der Waals surface area contributed by atoms with E-state index in [0.717, 1.165) is 75.6 Å². The molecule has 0 radical (unpaired) electrons. The van der Waals surface area contributed by atoms with Gasteiger partial charge >= 0.3 is 0 Å². The molecular formula is C24H32N6O2. The summed E-state index contributed by atoms with van der Waals surface area (Å²) in [6.45, 7) is 2.95. The normalized spacial score (nSPS) is 18.7. The standard InChI is InChI=1S/C24H32N6O2/c1-2-3-13-25-24-27-15-20(22(30-24)28-17-7-10-19(31)11-8-17)21-12-9-18(14-26-21)29-23(32)16-5-4-6-16/h9,12,14-16,19,31H,2-8,10-11,13H2,1H3,(H,29,32)(H,25,27,30). The lowest BCUT2D eigenvalue weighted by Gasteiger charge is -2.23. The molecular weight excluding hydrogens is 404 g/mol. The van der Waals surface area contributed by atoms with Gasteiger partial charge in [-0.25, -0.2) is 9.98 Å². The zero-order valence-electron chi connectivity index (χ0n) is 18.7. The molecule has 0 bridgehead atoms. The van der Waals surface area contributed by atoms with Gasteiger partial charge in [-0.3, -0.25) is 9.78 Å². The lowest BCUT2D eigenvalue weighted by Crippen LogP contribution is -2.28. The van der Waals surface area contributed by atoms with Crippen LogP contribution in [0.15, 0.2) is 29.5 Å². The topological polar surface area (TPSA) is 112 Å². The highest BCUT2D eigenvalue weighted by Gasteiger charge is 2.25. The van der Waals surface area contributed by atoms with Gasteiger partial charge in [0.15, 0.2) is 5.82 Å². The predicted molar refractivity (Wildman–Crippen MR) is 126 cm³/mol. The van der Waals surface area contributed by atoms with Gasteiger partial charge in [0.2, 0.25) is 11.9 Å². The Morgan fingerprint density at radius 3 is 2.62 bits per heavy atom. The van der Waals surface area contributed by atoms with Crippen LogP contribution in [0.3, 0.4) is 0 Å². The molecule has 8 nitrogen and oxygen atoms in total. The molecule has 1 amide bonds. The second-order valence-corrected chi connectivity index (χ2v) is 8.67. The maximum Gasteiger partial charge on any atom is 0.227 e. The summed E-state index contributed by atoms with van der Waals surface area (Å²) in [5, 5.41) is 16.0. The molecule has 170 valence electrons. The molecule has 2 heterocycles. The molecule has 0 saturated heterocycles. The molecule has 0 spiro atoms. The van der Waals surface area contributed by atoms with E-state index in [4.69, 9.17) is 4.99 Å². The molecule has 4 rings (SSSR count). The number of carbonyl (C=O) groups excluding carboxylic acids is 1. The molecule has 2 aromatic rings. The van der Waals surface area contributed by atoms with Gasteiger partial charge in [0.1, 0.15) is 0 Å². The van der Waals surface area contributed by atoms with Crippen molar-refractivity contribution in [2.45, 2.75) is 70.8 Å². The third-order valence-corrected chi connectivity index (χ3v) is 6.16. The first-order chi connectivity index (χ1) is 15.6. The zero-order chi connectivity index (χ0) is 22.3. The molecule has 2 fully saturated rings. The largest absolute Gasteiger partial charge is 0.393 e. The molecule has 0 aliphatic heterocycles. The first-order valence-electron chi connectivity index (χ1n) is 11.7. The van der Waals surface area contributed by atoms with E-state index in [1.807, 2.05) is 12.1 Å². The minimum Gasteiger partial charge on any atom is -0.393 e. The Morgan fingerprint density at radius 1 is 1.16 bits per heavy atom. The number of pyridine rings is 1. The number of carbonyl (C=O) groups is 1. The molecule has 0 atom stereocenters. The Labute approximate surface area is 189 Å². The third-order valence-electron chi connectivity index (χ3n) is 6.16. The maximum atomic E-state index is 12.2. The number of rotatable bonds is 8. The number of hydrogen-bond acceptors (Lipinski definition) is 7. The maximum absolute atomic E-state index is 12.2. The van der Waals surface area contributed by atoms with Crippen molar-refractivity contribution in [1.29, 1.82) is 0 Å². The number of aliphatic hydroxyl groups excluding tert-OH is 1. The van der Waals surface area contributed by atoms with Gasteiger partial charge < -0.3 is 15.7 Å². The van der Waals surface area contributed by atoms with Crippen LogP contribution in [0, 0.1) is 5.92 Å². The van der Waals surface area contributed by atoms with Crippen LogP contribution in [0.1, 0.15) is 64.7 Å². The van der Waals surface area contributed by atoms with Gasteiger partial charge in [0.25, 0.3) is 0 Å². The number of aliphatic hydroxyl groups is 1. The Bertz CT molecular complexity index is 945. The smallest absolute Gasteiger partial charge is 0.227 e. The van der Waals surface area contributed by atoms with Crippen LogP contribution < -0.4 is 10.6 Å². The van der Waals surface area contributed by atoms with Crippen molar-refractivity contribution in [3.05, 3.63) is 24.5 Å². The van der Waals surface area contributed by atoms with Gasteiger partial charge in [-0.1, -0.05) is 19.8 Å². The van der Waals surface area contributed by atoms with Gasteiger partial charge in [0, 0.05) is 24.4 Å². The number of aliphatic imine (C=N–C) groups is 1. The summed E-state index contributed by atoms with van der Waals surface area (Å²) in [6, 6.07) is 3.73. The first-order valence-corrected chi connectivity index (χ1v) is 11.7. The molecule has 2 saturated carbocycles. The van der Waals surface area contributed by atoms with E-state index < -0.39 is 0 Å². The Kier molecular flexibility index (Phi) is 7.42. The summed E-state index contributed by atoms with van der Waals surface area (Å²) >= 11 is 0. The van der Waals surface area contributed by atoms with Crippen molar-refractivity contribution in [2.75, 3.05) is 17.2 Å². The quantitative estimate of drug-likeness (QED) is 0.525. The summed E-state index contributed by atoms with van der Waals surface area (Å²) in [5.41, 5.74) is 3.20. The van der Waals surface area contributed by atoms with Gasteiger partial charge in [-0.15, -0.1) is 0 Å². The fourth-order valence-corrected chi connectivity index (χ4v) is 3.84. The number of anilines is 2. The van der Waals surface area contributed by atoms with Gasteiger partial charge in [-0.2, -0.15) is 4.98 Å². The van der Waals surface area contributed by atoms with Crippen molar-refractivity contribution in [3.8, 4) is 11.3 Å². The van der Waals surface area contributed by atoms with E-state index in [0.29, 0.717) is 23.1 Å². The van der Waals surface area contributed by atoms with E-state index in [-0.39, 0.29) is 17.9 Å². The molecule has 0 unspecified atom stereocenters. The first kappa shape index (κ1) is 22.3. The highest BCUT2D eigenvalue weighted by molar-refractivity contribution is 5.93. The van der Waals surface area contributed by atoms with E-state index >= 15 is 0 Å². The summed E-state index contributed by atoms with van der Waals surface area (Å²) in [4.78, 5) is 30.7. The Balaban J connectivity index is 1.55. The summed E-state index contributed by atoms with van der Waals surface area (Å²) in [5.74, 6) is 1.35. The third kappa shape index (κ3) is 5.68. The van der Waals surface area contributed by atoms with Crippen molar-refractivity contribution >= 4 is 29.1 Å². The molecule has 2 aromatic heterocycles. The summed E-state index contributed by atoms with van der Waals surface area (Å²) in [7, 11) is 0. The van der Waals surface area contributed by atoms with Crippen LogP contribution in [0.25, 0.3) is 11.3 Å². The molecule has 2 aliphatic rings. The molecule has 0 aromatic carbocycles. The number of unbranched alkanes of at least 4 members (excludes halogenated alkanes) is 1. The average Bonchev–Trinajstić information content (AvgIpc) is 2.75. The number of amides is 1. The van der Waals surface area contributed by atoms with E-state index in [1.165, 1.54) is 0 Å². The highest BCUT2D eigenvalue weighted by Crippen LogP contribution is 2.31. The SMILES string of the molecule is CCCCNc1ncc(-c2ccc(NC(=O)C3CCC3)cn2)c(N=C2CCC(O)CC2)n1. The van der Waals surface area contributed by atoms with Crippen LogP contribution in [0.5, 0.6) is 0 Å². The fraction of sp³-hybridized carbons (Fsp3) is 0.542. The van der Waals surface area contributed by atoms with Gasteiger partial charge in [-0.05, 0) is 57.1 Å². The van der Waals surface area contributed by atoms with Crippen molar-refractivity contribution in [3.63, 3.8) is 0 Å². The van der Waals surface area contributed by atoms with E-state index in [9.17, 15) is 9.90 Å². The Hall–Kier alpha value is -2.87. The average molecular weight is 437 g/mol. The Morgan fingerprint density at radius 2 is 1.97 bits per heavy atom. The summed E-state index contributed by atoms with van der Waals surface area (Å²) in [6.07, 6.45) is 11.4. The second kappa shape index (κ2) is 10.6. The summed E-state index contributed by atoms with van der Waals surface area (Å²) < 4.78 is 0. The minimum atomic E-state index is -0.241. The van der Waals surface area contributed by atoms with Crippen molar-refractivity contribution in [1.82, 2.24) is 15.0 Å². The second-order valence-electron chi connectivity index (χ2n) is 8.67. The molecule has 32 heavy (non-hydrogen) atoms. The minimum absolute atomic E-state index is 0.0724. The fourth-order valence-electron chi connectivity index (χ4n) is 3.84. The monoisotopic (exact) mass is 436 g/mol. The number of aromatic nitrogens is 3. The van der Waals surface area contributed by atoms with Crippen LogP contribution in [-0.4, -0.2) is 44.3 Å².